The minimum absolute atomic E-state index is 0.136. The van der Waals surface area contributed by atoms with E-state index in [0.29, 0.717) is 25.4 Å². The highest BCUT2D eigenvalue weighted by Gasteiger charge is 2.44. The molecule has 0 bridgehead atoms. The highest BCUT2D eigenvalue weighted by molar-refractivity contribution is 5.79. The number of nitrogens with zero attached hydrogens (tertiary/aromatic N) is 4. The molecule has 2 saturated heterocycles. The van der Waals surface area contributed by atoms with Gasteiger partial charge in [0.1, 0.15) is 0 Å². The topological polar surface area (TPSA) is 62.5 Å². The van der Waals surface area contributed by atoms with Gasteiger partial charge in [0.2, 0.25) is 11.8 Å². The van der Waals surface area contributed by atoms with E-state index in [4.69, 9.17) is 4.52 Å². The lowest BCUT2D eigenvalue weighted by Gasteiger charge is -2.38. The van der Waals surface area contributed by atoms with Crippen LogP contribution in [0.5, 0.6) is 0 Å². The van der Waals surface area contributed by atoms with Crippen LogP contribution in [0, 0.1) is 5.41 Å². The molecule has 0 N–H and O–H groups in total. The molecular formula is C22H28N4O2. The lowest BCUT2D eigenvalue weighted by Crippen LogP contribution is -2.41. The SMILES string of the molecule is CCc1noc(CN2CCC3(CC2)CC(=O)N(C/C=C/c2ccccc2)C3)n1. The molecule has 3 heterocycles. The maximum absolute atomic E-state index is 12.5. The normalized spacial score (nSPS) is 19.9. The molecule has 28 heavy (non-hydrogen) atoms. The second-order valence-corrected chi connectivity index (χ2v) is 8.00. The molecule has 2 aliphatic rings. The Labute approximate surface area is 166 Å². The van der Waals surface area contributed by atoms with Gasteiger partial charge in [0, 0.05) is 25.9 Å². The van der Waals surface area contributed by atoms with Crippen LogP contribution < -0.4 is 0 Å². The third-order valence-corrected chi connectivity index (χ3v) is 5.94. The monoisotopic (exact) mass is 380 g/mol. The maximum atomic E-state index is 12.5. The number of hydrogen-bond donors (Lipinski definition) is 0. The van der Waals surface area contributed by atoms with Crippen molar-refractivity contribution >= 4 is 12.0 Å². The van der Waals surface area contributed by atoms with Gasteiger partial charge in [0.05, 0.1) is 6.54 Å². The van der Waals surface area contributed by atoms with Crippen molar-refractivity contribution in [3.63, 3.8) is 0 Å². The Morgan fingerprint density at radius 2 is 2.00 bits per heavy atom. The van der Waals surface area contributed by atoms with E-state index in [1.54, 1.807) is 0 Å². The van der Waals surface area contributed by atoms with Gasteiger partial charge in [-0.05, 0) is 36.9 Å². The van der Waals surface area contributed by atoms with Crippen LogP contribution in [0.4, 0.5) is 0 Å². The summed E-state index contributed by atoms with van der Waals surface area (Å²) in [5.74, 6) is 1.75. The summed E-state index contributed by atoms with van der Waals surface area (Å²) in [4.78, 5) is 21.3. The largest absolute Gasteiger partial charge is 0.338 e. The molecule has 2 fully saturated rings. The van der Waals surface area contributed by atoms with Crippen LogP contribution in [0.15, 0.2) is 40.9 Å². The number of amides is 1. The van der Waals surface area contributed by atoms with E-state index >= 15 is 0 Å². The van der Waals surface area contributed by atoms with Gasteiger partial charge in [-0.2, -0.15) is 4.98 Å². The summed E-state index contributed by atoms with van der Waals surface area (Å²) < 4.78 is 5.32. The molecule has 0 unspecified atom stereocenters. The Morgan fingerprint density at radius 3 is 2.71 bits per heavy atom. The number of rotatable bonds is 6. The smallest absolute Gasteiger partial charge is 0.240 e. The standard InChI is InChI=1S/C22H28N4O2/c1-2-19-23-20(28-24-19)16-25-13-10-22(11-14-25)15-21(27)26(17-22)12-6-9-18-7-4-3-5-8-18/h3-9H,2,10-17H2,1H3/b9-6+. The summed E-state index contributed by atoms with van der Waals surface area (Å²) in [5.41, 5.74) is 1.31. The minimum atomic E-state index is 0.136. The number of piperidine rings is 1. The van der Waals surface area contributed by atoms with Crippen LogP contribution >= 0.6 is 0 Å². The van der Waals surface area contributed by atoms with Gasteiger partial charge in [-0.15, -0.1) is 0 Å². The van der Waals surface area contributed by atoms with Crippen molar-refractivity contribution in [1.82, 2.24) is 19.9 Å². The molecule has 0 aliphatic carbocycles. The first kappa shape index (κ1) is 18.9. The fourth-order valence-electron chi connectivity index (χ4n) is 4.24. The fraction of sp³-hybridized carbons (Fsp3) is 0.500. The van der Waals surface area contributed by atoms with E-state index in [1.807, 2.05) is 30.0 Å². The summed E-state index contributed by atoms with van der Waals surface area (Å²) >= 11 is 0. The Balaban J connectivity index is 1.28. The zero-order valence-corrected chi connectivity index (χ0v) is 16.5. The first-order chi connectivity index (χ1) is 13.7. The van der Waals surface area contributed by atoms with E-state index in [0.717, 1.165) is 44.7 Å². The quantitative estimate of drug-likeness (QED) is 0.770. The molecule has 1 aromatic heterocycles. The average Bonchev–Trinajstić information content (AvgIpc) is 3.29. The van der Waals surface area contributed by atoms with Crippen molar-refractivity contribution in [2.75, 3.05) is 26.2 Å². The zero-order chi connectivity index (χ0) is 19.4. The fourth-order valence-corrected chi connectivity index (χ4v) is 4.24. The van der Waals surface area contributed by atoms with Crippen LogP contribution in [-0.4, -0.2) is 52.0 Å². The summed E-state index contributed by atoms with van der Waals surface area (Å²) in [5, 5.41) is 3.97. The zero-order valence-electron chi connectivity index (χ0n) is 16.5. The predicted octanol–water partition coefficient (Wildman–Crippen LogP) is 3.16. The highest BCUT2D eigenvalue weighted by Crippen LogP contribution is 2.41. The van der Waals surface area contributed by atoms with E-state index in [-0.39, 0.29) is 11.3 Å². The second kappa shape index (κ2) is 8.27. The Bertz CT molecular complexity index is 822. The van der Waals surface area contributed by atoms with Gasteiger partial charge in [0.15, 0.2) is 5.82 Å². The molecule has 1 spiro atoms. The third-order valence-electron chi connectivity index (χ3n) is 5.94. The third kappa shape index (κ3) is 4.33. The molecule has 1 amide bonds. The Morgan fingerprint density at radius 1 is 1.21 bits per heavy atom. The summed E-state index contributed by atoms with van der Waals surface area (Å²) in [6, 6.07) is 10.2. The van der Waals surface area contributed by atoms with E-state index in [9.17, 15) is 4.79 Å². The van der Waals surface area contributed by atoms with Gasteiger partial charge in [0.25, 0.3) is 0 Å². The molecule has 0 radical (unpaired) electrons. The molecule has 6 heteroatoms. The van der Waals surface area contributed by atoms with Gasteiger partial charge < -0.3 is 9.42 Å². The number of benzene rings is 1. The molecule has 148 valence electrons. The van der Waals surface area contributed by atoms with Crippen LogP contribution in [0.1, 0.15) is 43.5 Å². The Kier molecular flexibility index (Phi) is 5.57. The lowest BCUT2D eigenvalue weighted by molar-refractivity contribution is -0.127. The van der Waals surface area contributed by atoms with Crippen molar-refractivity contribution in [2.24, 2.45) is 5.41 Å². The number of likely N-dealkylation sites (tertiary alicyclic amines) is 2. The molecule has 0 atom stereocenters. The molecule has 1 aromatic carbocycles. The number of carbonyl (C=O) groups excluding carboxylic acids is 1. The summed E-state index contributed by atoms with van der Waals surface area (Å²) in [6.07, 6.45) is 7.76. The highest BCUT2D eigenvalue weighted by atomic mass is 16.5. The van der Waals surface area contributed by atoms with Crippen LogP contribution in [0.25, 0.3) is 6.08 Å². The average molecular weight is 380 g/mol. The molecule has 6 nitrogen and oxygen atoms in total. The molecule has 0 saturated carbocycles. The van der Waals surface area contributed by atoms with E-state index < -0.39 is 0 Å². The van der Waals surface area contributed by atoms with Crippen molar-refractivity contribution < 1.29 is 9.32 Å². The van der Waals surface area contributed by atoms with Crippen LogP contribution in [-0.2, 0) is 17.8 Å². The first-order valence-electron chi connectivity index (χ1n) is 10.2. The predicted molar refractivity (Wildman–Crippen MR) is 107 cm³/mol. The van der Waals surface area contributed by atoms with Crippen LogP contribution in [0.2, 0.25) is 0 Å². The molecule has 2 aliphatic heterocycles. The lowest BCUT2D eigenvalue weighted by atomic mass is 9.77. The van der Waals surface area contributed by atoms with Gasteiger partial charge in [-0.25, -0.2) is 0 Å². The van der Waals surface area contributed by atoms with Crippen molar-refractivity contribution in [1.29, 1.82) is 0 Å². The molecule has 4 rings (SSSR count). The van der Waals surface area contributed by atoms with Crippen molar-refractivity contribution in [3.05, 3.63) is 53.7 Å². The second-order valence-electron chi connectivity index (χ2n) is 8.00. The number of aryl methyl sites for hydroxylation is 1. The Hall–Kier alpha value is -2.47. The minimum Gasteiger partial charge on any atom is -0.338 e. The van der Waals surface area contributed by atoms with Gasteiger partial charge >= 0.3 is 0 Å². The van der Waals surface area contributed by atoms with Gasteiger partial charge in [-0.1, -0.05) is 54.6 Å². The molecular weight excluding hydrogens is 352 g/mol. The van der Waals surface area contributed by atoms with Crippen LogP contribution in [0.3, 0.4) is 0 Å². The first-order valence-corrected chi connectivity index (χ1v) is 10.2. The number of hydrogen-bond acceptors (Lipinski definition) is 5. The summed E-state index contributed by atoms with van der Waals surface area (Å²) in [6.45, 7) is 6.26. The summed E-state index contributed by atoms with van der Waals surface area (Å²) in [7, 11) is 0. The van der Waals surface area contributed by atoms with Crippen molar-refractivity contribution in [2.45, 2.75) is 39.2 Å². The van der Waals surface area contributed by atoms with Crippen molar-refractivity contribution in [3.8, 4) is 0 Å². The van der Waals surface area contributed by atoms with E-state index in [1.165, 1.54) is 5.56 Å². The molecule has 2 aromatic rings. The maximum Gasteiger partial charge on any atom is 0.240 e. The number of carbonyl (C=O) groups is 1. The van der Waals surface area contributed by atoms with Gasteiger partial charge in [-0.3, -0.25) is 9.69 Å². The van der Waals surface area contributed by atoms with E-state index in [2.05, 4.69) is 39.3 Å². The number of aromatic nitrogens is 2.